The van der Waals surface area contributed by atoms with Crippen molar-refractivity contribution < 1.29 is 4.79 Å². The summed E-state index contributed by atoms with van der Waals surface area (Å²) in [6.45, 7) is 9.57. The summed E-state index contributed by atoms with van der Waals surface area (Å²) >= 11 is 5.12. The second-order valence-electron chi connectivity index (χ2n) is 4.67. The number of rotatable bonds is 8. The van der Waals surface area contributed by atoms with Crippen LogP contribution in [-0.2, 0) is 11.3 Å². The lowest BCUT2D eigenvalue weighted by atomic mass is 10.3. The Hall–Kier alpha value is -0.350. The largest absolute Gasteiger partial charge is 0.357 e. The molecule has 0 radical (unpaired) electrons. The third-order valence-electron chi connectivity index (χ3n) is 3.11. The van der Waals surface area contributed by atoms with Crippen molar-refractivity contribution in [2.75, 3.05) is 26.2 Å². The van der Waals surface area contributed by atoms with Crippen molar-refractivity contribution in [2.24, 2.45) is 4.99 Å². The molecule has 0 atom stereocenters. The molecule has 0 fully saturated rings. The van der Waals surface area contributed by atoms with E-state index in [9.17, 15) is 4.79 Å². The first-order chi connectivity index (χ1) is 10.6. The number of carbonyl (C=O) groups is 1. The Bertz CT molecular complexity index is 492. The molecule has 0 saturated carbocycles. The Balaban J connectivity index is 0.00000484. The Morgan fingerprint density at radius 1 is 1.30 bits per heavy atom. The lowest BCUT2D eigenvalue weighted by Crippen LogP contribution is -2.40. The van der Waals surface area contributed by atoms with E-state index < -0.39 is 0 Å². The van der Waals surface area contributed by atoms with Crippen molar-refractivity contribution in [3.05, 3.63) is 20.8 Å². The summed E-state index contributed by atoms with van der Waals surface area (Å²) in [7, 11) is 0. The maximum Gasteiger partial charge on any atom is 0.224 e. The van der Waals surface area contributed by atoms with Gasteiger partial charge in [-0.3, -0.25) is 4.79 Å². The van der Waals surface area contributed by atoms with Crippen LogP contribution in [0.3, 0.4) is 0 Å². The number of aliphatic imine (C=N–C) groups is 1. The molecule has 0 saturated heterocycles. The fourth-order valence-electron chi connectivity index (χ4n) is 1.96. The standard InChI is InChI=1S/C15H25BrN4OS.HI/c1-4-17-15(19-10-13-9-12(16)11-22-13)18-8-7-14(21)20(5-2)6-3;/h9,11H,4-8,10H2,1-3H3,(H2,17,18,19);1H. The van der Waals surface area contributed by atoms with Crippen LogP contribution in [0.15, 0.2) is 20.9 Å². The van der Waals surface area contributed by atoms with Crippen molar-refractivity contribution in [1.29, 1.82) is 0 Å². The molecule has 0 unspecified atom stereocenters. The Morgan fingerprint density at radius 2 is 2.00 bits per heavy atom. The molecule has 0 aliphatic heterocycles. The van der Waals surface area contributed by atoms with E-state index in [-0.39, 0.29) is 29.9 Å². The van der Waals surface area contributed by atoms with Gasteiger partial charge < -0.3 is 15.5 Å². The third-order valence-corrected chi connectivity index (χ3v) is 4.79. The van der Waals surface area contributed by atoms with Crippen molar-refractivity contribution in [1.82, 2.24) is 15.5 Å². The highest BCUT2D eigenvalue weighted by Crippen LogP contribution is 2.20. The number of guanidine groups is 1. The van der Waals surface area contributed by atoms with Gasteiger partial charge in [-0.05, 0) is 42.8 Å². The van der Waals surface area contributed by atoms with Gasteiger partial charge in [-0.1, -0.05) is 0 Å². The van der Waals surface area contributed by atoms with Crippen molar-refractivity contribution >= 4 is 63.1 Å². The second-order valence-corrected chi connectivity index (χ2v) is 6.58. The zero-order chi connectivity index (χ0) is 16.4. The van der Waals surface area contributed by atoms with Crippen LogP contribution in [0.1, 0.15) is 32.1 Å². The molecule has 0 spiro atoms. The van der Waals surface area contributed by atoms with Crippen LogP contribution >= 0.6 is 51.2 Å². The number of halogens is 2. The number of amides is 1. The molecule has 1 aromatic rings. The number of carbonyl (C=O) groups excluding carboxylic acids is 1. The summed E-state index contributed by atoms with van der Waals surface area (Å²) < 4.78 is 1.09. The molecule has 5 nitrogen and oxygen atoms in total. The minimum Gasteiger partial charge on any atom is -0.357 e. The smallest absolute Gasteiger partial charge is 0.224 e. The summed E-state index contributed by atoms with van der Waals surface area (Å²) in [5.74, 6) is 0.926. The molecule has 132 valence electrons. The summed E-state index contributed by atoms with van der Waals surface area (Å²) in [6, 6.07) is 2.07. The summed E-state index contributed by atoms with van der Waals surface area (Å²) in [4.78, 5) is 19.5. The predicted molar refractivity (Wildman–Crippen MR) is 113 cm³/mol. The van der Waals surface area contributed by atoms with E-state index in [1.807, 2.05) is 31.1 Å². The van der Waals surface area contributed by atoms with Gasteiger partial charge in [0.15, 0.2) is 5.96 Å². The average Bonchev–Trinajstić information content (AvgIpc) is 2.91. The van der Waals surface area contributed by atoms with Gasteiger partial charge in [0.1, 0.15) is 0 Å². The number of hydrogen-bond acceptors (Lipinski definition) is 3. The van der Waals surface area contributed by atoms with E-state index in [0.717, 1.165) is 30.1 Å². The van der Waals surface area contributed by atoms with Gasteiger partial charge in [0, 0.05) is 47.3 Å². The first-order valence-corrected chi connectivity index (χ1v) is 9.30. The average molecular weight is 517 g/mol. The van der Waals surface area contributed by atoms with E-state index >= 15 is 0 Å². The van der Waals surface area contributed by atoms with Crippen molar-refractivity contribution in [2.45, 2.75) is 33.7 Å². The van der Waals surface area contributed by atoms with E-state index in [4.69, 9.17) is 0 Å². The van der Waals surface area contributed by atoms with E-state index in [2.05, 4.69) is 37.6 Å². The maximum absolute atomic E-state index is 11.9. The maximum atomic E-state index is 11.9. The fourth-order valence-corrected chi connectivity index (χ4v) is 3.33. The molecule has 0 aliphatic rings. The second kappa shape index (κ2) is 13.0. The normalized spacial score (nSPS) is 10.9. The third kappa shape index (κ3) is 8.90. The molecular formula is C15H26BrIN4OS. The molecule has 1 aromatic heterocycles. The summed E-state index contributed by atoms with van der Waals surface area (Å²) in [5.41, 5.74) is 0. The highest BCUT2D eigenvalue weighted by molar-refractivity contribution is 14.0. The lowest BCUT2D eigenvalue weighted by Gasteiger charge is -2.19. The minimum atomic E-state index is 0. The van der Waals surface area contributed by atoms with E-state index in [1.165, 1.54) is 4.88 Å². The monoisotopic (exact) mass is 516 g/mol. The van der Waals surface area contributed by atoms with Crippen molar-refractivity contribution in [3.63, 3.8) is 0 Å². The summed E-state index contributed by atoms with van der Waals surface area (Å²) in [6.07, 6.45) is 0.483. The first-order valence-electron chi connectivity index (χ1n) is 7.63. The Morgan fingerprint density at radius 3 is 2.52 bits per heavy atom. The Labute approximate surface area is 168 Å². The molecule has 1 heterocycles. The van der Waals surface area contributed by atoms with Gasteiger partial charge in [-0.2, -0.15) is 0 Å². The highest BCUT2D eigenvalue weighted by atomic mass is 127. The van der Waals surface area contributed by atoms with Gasteiger partial charge in [0.05, 0.1) is 6.54 Å². The number of thiophene rings is 1. The number of nitrogens with one attached hydrogen (secondary N) is 2. The molecule has 8 heteroatoms. The molecular weight excluding hydrogens is 491 g/mol. The first kappa shape index (κ1) is 22.6. The van der Waals surface area contributed by atoms with Crippen LogP contribution in [0.5, 0.6) is 0 Å². The number of nitrogens with zero attached hydrogens (tertiary/aromatic N) is 2. The zero-order valence-electron chi connectivity index (χ0n) is 13.9. The quantitative estimate of drug-likeness (QED) is 0.316. The predicted octanol–water partition coefficient (Wildman–Crippen LogP) is 3.44. The van der Waals surface area contributed by atoms with Gasteiger partial charge in [0.25, 0.3) is 0 Å². The Kier molecular flexibility index (Phi) is 12.8. The van der Waals surface area contributed by atoms with Gasteiger partial charge in [0.2, 0.25) is 5.91 Å². The topological polar surface area (TPSA) is 56.7 Å². The van der Waals surface area contributed by atoms with E-state index in [1.54, 1.807) is 11.3 Å². The molecule has 1 amide bonds. The van der Waals surface area contributed by atoms with Crippen LogP contribution < -0.4 is 10.6 Å². The van der Waals surface area contributed by atoms with Crippen molar-refractivity contribution in [3.8, 4) is 0 Å². The molecule has 23 heavy (non-hydrogen) atoms. The SMILES string of the molecule is CCNC(=NCc1cc(Br)cs1)NCCC(=O)N(CC)CC.I. The molecule has 0 aromatic carbocycles. The summed E-state index contributed by atoms with van der Waals surface area (Å²) in [5, 5.41) is 8.46. The van der Waals surface area contributed by atoms with Crippen LogP contribution in [0, 0.1) is 0 Å². The number of hydrogen-bond donors (Lipinski definition) is 2. The molecule has 1 rings (SSSR count). The fraction of sp³-hybridized carbons (Fsp3) is 0.600. The molecule has 2 N–H and O–H groups in total. The minimum absolute atomic E-state index is 0. The van der Waals surface area contributed by atoms with E-state index in [0.29, 0.717) is 19.5 Å². The van der Waals surface area contributed by atoms with Crippen LogP contribution in [0.25, 0.3) is 0 Å². The highest BCUT2D eigenvalue weighted by Gasteiger charge is 2.09. The van der Waals surface area contributed by atoms with Gasteiger partial charge in [-0.25, -0.2) is 4.99 Å². The van der Waals surface area contributed by atoms with Crippen LogP contribution in [0.4, 0.5) is 0 Å². The van der Waals surface area contributed by atoms with Gasteiger partial charge >= 0.3 is 0 Å². The van der Waals surface area contributed by atoms with Crippen LogP contribution in [-0.4, -0.2) is 42.9 Å². The molecule has 0 aliphatic carbocycles. The van der Waals surface area contributed by atoms with Gasteiger partial charge in [-0.15, -0.1) is 35.3 Å². The molecule has 0 bridgehead atoms. The lowest BCUT2D eigenvalue weighted by molar-refractivity contribution is -0.130. The zero-order valence-corrected chi connectivity index (χ0v) is 18.6. The van der Waals surface area contributed by atoms with Crippen LogP contribution in [0.2, 0.25) is 0 Å².